The number of pyridine rings is 1. The lowest BCUT2D eigenvalue weighted by Gasteiger charge is -2.23. The van der Waals surface area contributed by atoms with E-state index in [0.717, 1.165) is 53.5 Å². The Hall–Kier alpha value is -3.26. The fraction of sp³-hybridized carbons (Fsp3) is 0.391. The average Bonchev–Trinajstić information content (AvgIpc) is 3.22. The van der Waals surface area contributed by atoms with Gasteiger partial charge in [-0.25, -0.2) is 0 Å². The van der Waals surface area contributed by atoms with E-state index in [1.165, 1.54) is 0 Å². The van der Waals surface area contributed by atoms with Crippen LogP contribution in [-0.4, -0.2) is 43.8 Å². The molecule has 0 bridgehead atoms. The Morgan fingerprint density at radius 3 is 3.00 bits per heavy atom. The average molecular weight is 418 g/mol. The highest BCUT2D eigenvalue weighted by molar-refractivity contribution is 5.84. The number of nitrogens with zero attached hydrogens (tertiary/aromatic N) is 5. The monoisotopic (exact) mass is 417 g/mol. The fourth-order valence-electron chi connectivity index (χ4n) is 4.02. The van der Waals surface area contributed by atoms with Crippen LogP contribution in [0.2, 0.25) is 0 Å². The predicted octanol–water partition coefficient (Wildman–Crippen LogP) is 3.54. The molecule has 0 radical (unpaired) electrons. The summed E-state index contributed by atoms with van der Waals surface area (Å²) in [7, 11) is 0. The van der Waals surface area contributed by atoms with E-state index in [2.05, 4.69) is 57.7 Å². The van der Waals surface area contributed by atoms with E-state index >= 15 is 0 Å². The van der Waals surface area contributed by atoms with Gasteiger partial charge in [-0.15, -0.1) is 0 Å². The van der Waals surface area contributed by atoms with Crippen molar-refractivity contribution in [2.45, 2.75) is 45.3 Å². The molecule has 5 rings (SSSR count). The second-order valence-corrected chi connectivity index (χ2v) is 8.27. The van der Waals surface area contributed by atoms with Gasteiger partial charge < -0.3 is 15.4 Å². The zero-order chi connectivity index (χ0) is 21.2. The van der Waals surface area contributed by atoms with Crippen molar-refractivity contribution in [2.75, 3.05) is 18.4 Å². The molecule has 160 valence electrons. The van der Waals surface area contributed by atoms with E-state index in [1.807, 2.05) is 24.7 Å². The lowest BCUT2D eigenvalue weighted by Crippen LogP contribution is -2.37. The maximum atomic E-state index is 6.15. The van der Waals surface area contributed by atoms with Gasteiger partial charge in [-0.2, -0.15) is 19.6 Å². The van der Waals surface area contributed by atoms with Gasteiger partial charge in [0.25, 0.3) is 0 Å². The summed E-state index contributed by atoms with van der Waals surface area (Å²) >= 11 is 0. The maximum Gasteiger partial charge on any atom is 0.322 e. The van der Waals surface area contributed by atoms with Gasteiger partial charge in [0.15, 0.2) is 5.65 Å². The molecule has 0 amide bonds. The molecule has 4 heterocycles. The first kappa shape index (κ1) is 19.7. The lowest BCUT2D eigenvalue weighted by atomic mass is 10.1. The van der Waals surface area contributed by atoms with Crippen LogP contribution in [-0.2, 0) is 6.54 Å². The number of fused-ring (bicyclic) bond motifs is 2. The standard InChI is InChI=1S/C23H27N7O/c1-15(2)19-14-27-30-21(19)28-23(31-18-7-4-9-24-12-18)29-22(30)26-11-17-6-3-5-16-8-10-25-13-20(16)17/h3,5-6,8,10,13-15,18,24H,4,7,9,11-12H2,1-2H3,(H,26,28,29). The molecule has 3 aromatic heterocycles. The van der Waals surface area contributed by atoms with Crippen LogP contribution in [0, 0.1) is 0 Å². The van der Waals surface area contributed by atoms with E-state index in [-0.39, 0.29) is 6.10 Å². The van der Waals surface area contributed by atoms with Crippen LogP contribution in [0.5, 0.6) is 6.01 Å². The molecular formula is C23H27N7O. The van der Waals surface area contributed by atoms with Crippen LogP contribution in [0.25, 0.3) is 16.4 Å². The first-order valence-electron chi connectivity index (χ1n) is 10.9. The molecule has 1 atom stereocenters. The zero-order valence-corrected chi connectivity index (χ0v) is 17.9. The summed E-state index contributed by atoms with van der Waals surface area (Å²) in [6.45, 7) is 6.72. The molecule has 1 unspecified atom stereocenters. The van der Waals surface area contributed by atoms with E-state index in [1.54, 1.807) is 4.52 Å². The third-order valence-corrected chi connectivity index (χ3v) is 5.73. The largest absolute Gasteiger partial charge is 0.459 e. The molecule has 1 aliphatic heterocycles. The van der Waals surface area contributed by atoms with Crippen molar-refractivity contribution in [2.24, 2.45) is 0 Å². The van der Waals surface area contributed by atoms with Crippen molar-refractivity contribution < 1.29 is 4.74 Å². The van der Waals surface area contributed by atoms with Crippen molar-refractivity contribution in [3.05, 3.63) is 54.0 Å². The van der Waals surface area contributed by atoms with E-state index in [4.69, 9.17) is 9.72 Å². The summed E-state index contributed by atoms with van der Waals surface area (Å²) < 4.78 is 7.92. The highest BCUT2D eigenvalue weighted by Crippen LogP contribution is 2.24. The lowest BCUT2D eigenvalue weighted by molar-refractivity contribution is 0.153. The predicted molar refractivity (Wildman–Crippen MR) is 120 cm³/mol. The second-order valence-electron chi connectivity index (χ2n) is 8.27. The summed E-state index contributed by atoms with van der Waals surface area (Å²) in [6, 6.07) is 8.67. The summed E-state index contributed by atoms with van der Waals surface area (Å²) in [6.07, 6.45) is 7.76. The molecule has 1 fully saturated rings. The van der Waals surface area contributed by atoms with Crippen molar-refractivity contribution in [1.82, 2.24) is 29.9 Å². The summed E-state index contributed by atoms with van der Waals surface area (Å²) in [4.78, 5) is 13.7. The first-order chi connectivity index (χ1) is 15.2. The van der Waals surface area contributed by atoms with Crippen LogP contribution in [0.3, 0.4) is 0 Å². The number of anilines is 1. The third-order valence-electron chi connectivity index (χ3n) is 5.73. The normalized spacial score (nSPS) is 16.8. The van der Waals surface area contributed by atoms with Gasteiger partial charge in [0.05, 0.1) is 6.20 Å². The molecule has 0 saturated carbocycles. The Labute approximate surface area is 181 Å². The van der Waals surface area contributed by atoms with Gasteiger partial charge in [0.2, 0.25) is 5.95 Å². The van der Waals surface area contributed by atoms with Gasteiger partial charge in [-0.05, 0) is 42.3 Å². The maximum absolute atomic E-state index is 6.15. The zero-order valence-electron chi connectivity index (χ0n) is 17.9. The van der Waals surface area contributed by atoms with Crippen LogP contribution >= 0.6 is 0 Å². The van der Waals surface area contributed by atoms with Crippen LogP contribution in [0.1, 0.15) is 43.7 Å². The number of nitrogens with one attached hydrogen (secondary N) is 2. The van der Waals surface area contributed by atoms with Gasteiger partial charge in [0.1, 0.15) is 6.10 Å². The van der Waals surface area contributed by atoms with E-state index in [9.17, 15) is 0 Å². The third kappa shape index (κ3) is 4.03. The van der Waals surface area contributed by atoms with Crippen LogP contribution < -0.4 is 15.4 Å². The Morgan fingerprint density at radius 2 is 2.16 bits per heavy atom. The number of aromatic nitrogens is 5. The van der Waals surface area contributed by atoms with E-state index in [0.29, 0.717) is 24.4 Å². The van der Waals surface area contributed by atoms with Crippen LogP contribution in [0.4, 0.5) is 5.95 Å². The van der Waals surface area contributed by atoms with Crippen molar-refractivity contribution in [3.8, 4) is 6.01 Å². The Bertz CT molecular complexity index is 1190. The fourth-order valence-corrected chi connectivity index (χ4v) is 4.02. The minimum absolute atomic E-state index is 0.0820. The molecule has 4 aromatic rings. The summed E-state index contributed by atoms with van der Waals surface area (Å²) in [5, 5.41) is 13.7. The minimum Gasteiger partial charge on any atom is -0.459 e. The smallest absolute Gasteiger partial charge is 0.322 e. The topological polar surface area (TPSA) is 89.3 Å². The SMILES string of the molecule is CC(C)c1cnn2c(NCc3cccc4ccncc34)nc(OC3CCCNC3)nc12. The molecule has 0 spiro atoms. The molecule has 1 aliphatic rings. The molecule has 2 N–H and O–H groups in total. The number of hydrogen-bond donors (Lipinski definition) is 2. The number of ether oxygens (including phenoxy) is 1. The molecule has 8 nitrogen and oxygen atoms in total. The number of piperidine rings is 1. The van der Waals surface area contributed by atoms with Gasteiger partial charge in [-0.3, -0.25) is 4.98 Å². The van der Waals surface area contributed by atoms with Crippen molar-refractivity contribution in [3.63, 3.8) is 0 Å². The highest BCUT2D eigenvalue weighted by Gasteiger charge is 2.20. The Balaban J connectivity index is 1.48. The van der Waals surface area contributed by atoms with Crippen molar-refractivity contribution >= 4 is 22.4 Å². The number of rotatable bonds is 6. The summed E-state index contributed by atoms with van der Waals surface area (Å²) in [5.74, 6) is 0.921. The van der Waals surface area contributed by atoms with Crippen LogP contribution in [0.15, 0.2) is 42.9 Å². The Morgan fingerprint density at radius 1 is 1.23 bits per heavy atom. The Kier molecular flexibility index (Phi) is 5.38. The molecule has 1 saturated heterocycles. The molecule has 31 heavy (non-hydrogen) atoms. The molecule has 8 heteroatoms. The summed E-state index contributed by atoms with van der Waals surface area (Å²) in [5.41, 5.74) is 3.00. The van der Waals surface area contributed by atoms with Gasteiger partial charge in [0, 0.05) is 36.4 Å². The first-order valence-corrected chi connectivity index (χ1v) is 10.9. The number of benzene rings is 1. The number of hydrogen-bond acceptors (Lipinski definition) is 7. The quantitative estimate of drug-likeness (QED) is 0.496. The highest BCUT2D eigenvalue weighted by atomic mass is 16.5. The van der Waals surface area contributed by atoms with E-state index < -0.39 is 0 Å². The van der Waals surface area contributed by atoms with Gasteiger partial charge in [-0.1, -0.05) is 32.0 Å². The second kappa shape index (κ2) is 8.47. The molecule has 1 aromatic carbocycles. The molecule has 0 aliphatic carbocycles. The molecular weight excluding hydrogens is 390 g/mol. The van der Waals surface area contributed by atoms with Crippen molar-refractivity contribution in [1.29, 1.82) is 0 Å². The minimum atomic E-state index is 0.0820. The van der Waals surface area contributed by atoms with Gasteiger partial charge >= 0.3 is 6.01 Å².